The van der Waals surface area contributed by atoms with Gasteiger partial charge in [-0.2, -0.15) is 5.26 Å². The van der Waals surface area contributed by atoms with Crippen LogP contribution in [0.5, 0.6) is 0 Å². The van der Waals surface area contributed by atoms with Crippen LogP contribution in [0.25, 0.3) is 0 Å². The Balaban J connectivity index is 2.82. The fraction of sp³-hybridized carbons (Fsp3) is 0.389. The number of carbonyl (C=O) groups excluding carboxylic acids is 2. The van der Waals surface area contributed by atoms with Crippen LogP contribution in [0.2, 0.25) is 0 Å². The molecule has 0 saturated heterocycles. The lowest BCUT2D eigenvalue weighted by molar-refractivity contribution is -0.140. The molecule has 1 aromatic carbocycles. The van der Waals surface area contributed by atoms with Crippen molar-refractivity contribution in [2.24, 2.45) is 0 Å². The number of hydrogen-bond acceptors (Lipinski definition) is 5. The molecule has 0 radical (unpaired) electrons. The van der Waals surface area contributed by atoms with Crippen LogP contribution in [-0.2, 0) is 14.3 Å². The zero-order chi connectivity index (χ0) is 18.1. The van der Waals surface area contributed by atoms with Crippen molar-refractivity contribution in [3.63, 3.8) is 0 Å². The number of nitrogens with zero attached hydrogens (tertiary/aromatic N) is 1. The third-order valence-electron chi connectivity index (χ3n) is 3.48. The molecule has 6 nitrogen and oxygen atoms in total. The molecule has 0 bridgehead atoms. The molecular weight excluding hydrogens is 306 g/mol. The molecule has 0 fully saturated rings. The lowest BCUT2D eigenvalue weighted by Gasteiger charge is -2.16. The minimum absolute atomic E-state index is 0.0576. The molecule has 128 valence electrons. The van der Waals surface area contributed by atoms with E-state index in [2.05, 4.69) is 15.4 Å². The lowest BCUT2D eigenvalue weighted by atomic mass is 9.98. The van der Waals surface area contributed by atoms with Crippen molar-refractivity contribution in [3.8, 4) is 6.07 Å². The van der Waals surface area contributed by atoms with Gasteiger partial charge < -0.3 is 15.4 Å². The maximum absolute atomic E-state index is 12.3. The highest BCUT2D eigenvalue weighted by Crippen LogP contribution is 2.27. The highest BCUT2D eigenvalue weighted by molar-refractivity contribution is 6.07. The first-order chi connectivity index (χ1) is 11.4. The topological polar surface area (TPSA) is 91.2 Å². The van der Waals surface area contributed by atoms with Crippen LogP contribution in [0.15, 0.2) is 30.0 Å². The number of para-hydroxylation sites is 1. The van der Waals surface area contributed by atoms with Crippen molar-refractivity contribution in [3.05, 3.63) is 41.1 Å². The molecule has 1 rings (SSSR count). The van der Waals surface area contributed by atoms with Crippen LogP contribution in [0, 0.1) is 18.3 Å². The van der Waals surface area contributed by atoms with E-state index in [0.29, 0.717) is 0 Å². The standard InChI is InChI=1S/C18H23N3O3/c1-12(2)15-7-5-6-13(3)17(15)21-18(23)14(10-19)11-20-9-8-16(22)24-4/h5-7,11-12,20H,8-9H2,1-4H3,(H,21,23)/b14-11-. The van der Waals surface area contributed by atoms with E-state index in [1.807, 2.05) is 45.0 Å². The molecule has 0 aliphatic heterocycles. The fourth-order valence-corrected chi connectivity index (χ4v) is 2.12. The summed E-state index contributed by atoms with van der Waals surface area (Å²) in [7, 11) is 1.31. The number of hydrogen-bond donors (Lipinski definition) is 2. The normalized spacial score (nSPS) is 10.9. The van der Waals surface area contributed by atoms with Crippen LogP contribution in [0.3, 0.4) is 0 Å². The van der Waals surface area contributed by atoms with Crippen molar-refractivity contribution in [2.75, 3.05) is 19.0 Å². The molecule has 0 aliphatic carbocycles. The van der Waals surface area contributed by atoms with Gasteiger partial charge in [-0.25, -0.2) is 0 Å². The van der Waals surface area contributed by atoms with Crippen LogP contribution in [-0.4, -0.2) is 25.5 Å². The van der Waals surface area contributed by atoms with Gasteiger partial charge in [-0.15, -0.1) is 0 Å². The Bertz CT molecular complexity index is 673. The molecule has 0 unspecified atom stereocenters. The van der Waals surface area contributed by atoms with E-state index in [9.17, 15) is 9.59 Å². The van der Waals surface area contributed by atoms with Crippen molar-refractivity contribution >= 4 is 17.6 Å². The number of anilines is 1. The summed E-state index contributed by atoms with van der Waals surface area (Å²) in [6, 6.07) is 7.67. The molecule has 24 heavy (non-hydrogen) atoms. The number of aryl methyl sites for hydroxylation is 1. The number of benzene rings is 1. The monoisotopic (exact) mass is 329 g/mol. The molecule has 1 amide bonds. The molecule has 0 aromatic heterocycles. The van der Waals surface area contributed by atoms with Gasteiger partial charge in [-0.05, 0) is 24.0 Å². The number of ether oxygens (including phenoxy) is 1. The van der Waals surface area contributed by atoms with E-state index < -0.39 is 5.91 Å². The zero-order valence-electron chi connectivity index (χ0n) is 14.5. The molecule has 0 aliphatic rings. The Kier molecular flexibility index (Phi) is 7.50. The van der Waals surface area contributed by atoms with Crippen LogP contribution in [0.4, 0.5) is 5.69 Å². The summed E-state index contributed by atoms with van der Waals surface area (Å²) in [4.78, 5) is 23.3. The second kappa shape index (κ2) is 9.36. The lowest BCUT2D eigenvalue weighted by Crippen LogP contribution is -2.20. The average Bonchev–Trinajstić information content (AvgIpc) is 2.56. The predicted octanol–water partition coefficient (Wildman–Crippen LogP) is 2.62. The summed E-state index contributed by atoms with van der Waals surface area (Å²) >= 11 is 0. The maximum Gasteiger partial charge on any atom is 0.307 e. The highest BCUT2D eigenvalue weighted by atomic mass is 16.5. The Morgan fingerprint density at radius 1 is 1.38 bits per heavy atom. The fourth-order valence-electron chi connectivity index (χ4n) is 2.12. The van der Waals surface area contributed by atoms with Gasteiger partial charge in [0.05, 0.1) is 13.5 Å². The minimum Gasteiger partial charge on any atom is -0.469 e. The second-order valence-electron chi connectivity index (χ2n) is 5.60. The quantitative estimate of drug-likeness (QED) is 0.347. The third kappa shape index (κ3) is 5.43. The number of esters is 1. The number of rotatable bonds is 7. The number of nitriles is 1. The molecule has 0 saturated carbocycles. The van der Waals surface area contributed by atoms with Crippen LogP contribution in [0.1, 0.15) is 37.3 Å². The molecule has 0 heterocycles. The first-order valence-electron chi connectivity index (χ1n) is 7.72. The largest absolute Gasteiger partial charge is 0.469 e. The zero-order valence-corrected chi connectivity index (χ0v) is 14.5. The predicted molar refractivity (Wildman–Crippen MR) is 92.2 cm³/mol. The van der Waals surface area contributed by atoms with E-state index in [1.165, 1.54) is 13.3 Å². The number of carbonyl (C=O) groups is 2. The maximum atomic E-state index is 12.3. The van der Waals surface area contributed by atoms with Gasteiger partial charge in [0.1, 0.15) is 11.6 Å². The molecule has 6 heteroatoms. The Hall–Kier alpha value is -2.81. The van der Waals surface area contributed by atoms with E-state index in [-0.39, 0.29) is 30.4 Å². The van der Waals surface area contributed by atoms with Crippen molar-refractivity contribution in [1.82, 2.24) is 5.32 Å². The van der Waals surface area contributed by atoms with Gasteiger partial charge in [0.25, 0.3) is 5.91 Å². The minimum atomic E-state index is -0.487. The average molecular weight is 329 g/mol. The smallest absolute Gasteiger partial charge is 0.307 e. The Morgan fingerprint density at radius 2 is 2.08 bits per heavy atom. The van der Waals surface area contributed by atoms with Crippen molar-refractivity contribution < 1.29 is 14.3 Å². The van der Waals surface area contributed by atoms with Gasteiger partial charge in [0.2, 0.25) is 0 Å². The van der Waals surface area contributed by atoms with E-state index >= 15 is 0 Å². The van der Waals surface area contributed by atoms with E-state index in [4.69, 9.17) is 5.26 Å². The van der Waals surface area contributed by atoms with Crippen LogP contribution < -0.4 is 10.6 Å². The Morgan fingerprint density at radius 3 is 2.67 bits per heavy atom. The van der Waals surface area contributed by atoms with Gasteiger partial charge in [0, 0.05) is 18.4 Å². The van der Waals surface area contributed by atoms with Gasteiger partial charge in [-0.3, -0.25) is 9.59 Å². The second-order valence-corrected chi connectivity index (χ2v) is 5.60. The van der Waals surface area contributed by atoms with Crippen molar-refractivity contribution in [1.29, 1.82) is 5.26 Å². The number of methoxy groups -OCH3 is 1. The summed E-state index contributed by atoms with van der Waals surface area (Å²) in [6.07, 6.45) is 1.47. The molecular formula is C18H23N3O3. The first kappa shape index (κ1) is 19.2. The summed E-state index contributed by atoms with van der Waals surface area (Å²) in [5.41, 5.74) is 2.62. The van der Waals surface area contributed by atoms with Gasteiger partial charge in [-0.1, -0.05) is 32.0 Å². The summed E-state index contributed by atoms with van der Waals surface area (Å²) in [5.74, 6) is -0.604. The van der Waals surface area contributed by atoms with Crippen LogP contribution >= 0.6 is 0 Å². The van der Waals surface area contributed by atoms with Gasteiger partial charge in [0.15, 0.2) is 0 Å². The summed E-state index contributed by atoms with van der Waals surface area (Å²) in [6.45, 7) is 6.28. The molecule has 0 spiro atoms. The Labute approximate surface area is 142 Å². The first-order valence-corrected chi connectivity index (χ1v) is 7.72. The molecule has 2 N–H and O–H groups in total. The third-order valence-corrected chi connectivity index (χ3v) is 3.48. The molecule has 0 atom stereocenters. The van der Waals surface area contributed by atoms with Crippen molar-refractivity contribution in [2.45, 2.75) is 33.1 Å². The van der Waals surface area contributed by atoms with E-state index in [1.54, 1.807) is 0 Å². The number of amides is 1. The number of nitrogens with one attached hydrogen (secondary N) is 2. The van der Waals surface area contributed by atoms with Gasteiger partial charge >= 0.3 is 5.97 Å². The highest BCUT2D eigenvalue weighted by Gasteiger charge is 2.15. The molecule has 1 aromatic rings. The van der Waals surface area contributed by atoms with E-state index in [0.717, 1.165) is 16.8 Å². The SMILES string of the molecule is COC(=O)CCN/C=C(/C#N)C(=O)Nc1c(C)cccc1C(C)C. The summed E-state index contributed by atoms with van der Waals surface area (Å²) in [5, 5.41) is 14.8. The summed E-state index contributed by atoms with van der Waals surface area (Å²) < 4.78 is 4.51.